The molecule has 1 aliphatic rings. The van der Waals surface area contributed by atoms with E-state index in [4.69, 9.17) is 25.1 Å². The summed E-state index contributed by atoms with van der Waals surface area (Å²) in [4.78, 5) is 5.74. The predicted molar refractivity (Wildman–Crippen MR) is 291 cm³/mol. The van der Waals surface area contributed by atoms with Gasteiger partial charge in [0.05, 0.1) is 12.7 Å². The van der Waals surface area contributed by atoms with E-state index in [2.05, 4.69) is 241 Å². The minimum Gasteiger partial charge on any atom is -0.457 e. The summed E-state index contributed by atoms with van der Waals surface area (Å²) in [6.07, 6.45) is 7.15. The molecule has 73 heavy (non-hydrogen) atoms. The minimum absolute atomic E-state index is 0.541. The summed E-state index contributed by atoms with van der Waals surface area (Å²) in [7, 11) is 0. The number of anilines is 1. The number of fused-ring (bicyclic) bond motifs is 7. The molecule has 9 nitrogen and oxygen atoms in total. The van der Waals surface area contributed by atoms with Gasteiger partial charge in [-0.25, -0.2) is 9.67 Å². The topological polar surface area (TPSA) is 94.7 Å². The van der Waals surface area contributed by atoms with Crippen LogP contribution in [0, 0.1) is 0 Å². The first kappa shape index (κ1) is 45.0. The third kappa shape index (κ3) is 8.66. The first-order valence-electron chi connectivity index (χ1n) is 24.8. The number of aromatic nitrogens is 6. The van der Waals surface area contributed by atoms with Crippen LogP contribution in [0.25, 0.3) is 16.7 Å². The van der Waals surface area contributed by atoms with E-state index < -0.39 is 11.1 Å². The number of hydrogen-bond donors (Lipinski definition) is 2. The van der Waals surface area contributed by atoms with Crippen LogP contribution in [-0.4, -0.2) is 42.8 Å². The van der Waals surface area contributed by atoms with Gasteiger partial charge in [-0.15, -0.1) is 5.10 Å². The maximum absolute atomic E-state index is 6.39. The van der Waals surface area contributed by atoms with Gasteiger partial charge in [0, 0.05) is 23.9 Å². The van der Waals surface area contributed by atoms with E-state index in [0.29, 0.717) is 30.1 Å². The molecule has 4 heterocycles. The third-order valence-electron chi connectivity index (χ3n) is 13.9. The normalized spacial score (nSPS) is 13.8. The molecule has 0 unspecified atom stereocenters. The van der Waals surface area contributed by atoms with Crippen molar-refractivity contribution in [1.82, 2.24) is 35.1 Å². The van der Waals surface area contributed by atoms with Crippen molar-refractivity contribution in [2.75, 3.05) is 18.4 Å². The van der Waals surface area contributed by atoms with Gasteiger partial charge in [-0.1, -0.05) is 218 Å². The molecule has 1 aliphatic heterocycles. The average Bonchev–Trinajstić information content (AvgIpc) is 4.11. The van der Waals surface area contributed by atoms with Crippen molar-refractivity contribution in [3.63, 3.8) is 0 Å². The average molecular weight is 949 g/mol. The maximum Gasteiger partial charge on any atom is 0.182 e. The zero-order valence-corrected chi connectivity index (χ0v) is 40.2. The highest BCUT2D eigenvalue weighted by Crippen LogP contribution is 2.45. The highest BCUT2D eigenvalue weighted by Gasteiger charge is 2.43. The molecule has 6 bridgehead atoms. The maximum atomic E-state index is 6.39. The van der Waals surface area contributed by atoms with Crippen LogP contribution in [0.5, 0.6) is 11.5 Å². The molecule has 9 heteroatoms. The van der Waals surface area contributed by atoms with Gasteiger partial charge in [-0.05, 0) is 93.4 Å². The van der Waals surface area contributed by atoms with Crippen molar-refractivity contribution in [3.8, 4) is 11.5 Å². The van der Waals surface area contributed by atoms with Gasteiger partial charge in [0.15, 0.2) is 5.65 Å². The van der Waals surface area contributed by atoms with Crippen LogP contribution in [0.15, 0.2) is 255 Å². The molecule has 0 amide bonds. The quantitative estimate of drug-likeness (QED) is 0.132. The summed E-state index contributed by atoms with van der Waals surface area (Å²) in [6.45, 7) is 1.86. The van der Waals surface area contributed by atoms with Crippen LogP contribution in [0.2, 0.25) is 0 Å². The Kier molecular flexibility index (Phi) is 12.3. The Labute approximate surface area is 425 Å². The summed E-state index contributed by atoms with van der Waals surface area (Å²) in [5.41, 5.74) is 10.5. The standard InChI is InChI=1S/C64H52N8O/c1-7-23-50(24-8-1)63(51-25-9-2-10-26-51,52-27-11-3-12-28-52)68-60-43-59(58-38-40-65-39-37-47-21-19-35-56(41-47)73-57-36-20-22-48(42-57)45-71-46-49(58)44-66-71)61-62(67-60)72(70-69-61)64(53-29-13-4-14-30-53,54-31-15-5-16-32-54)55-33-17-6-18-34-55/h1-36,38,41-44,46,65H,37,39-40,45H2,(H,67,68)/b58-38+. The van der Waals surface area contributed by atoms with Gasteiger partial charge < -0.3 is 15.4 Å². The number of ether oxygens (including phenoxy) is 1. The molecule has 8 aromatic carbocycles. The monoisotopic (exact) mass is 948 g/mol. The largest absolute Gasteiger partial charge is 0.457 e. The summed E-state index contributed by atoms with van der Waals surface area (Å²) < 4.78 is 10.4. The molecule has 0 spiro atoms. The lowest BCUT2D eigenvalue weighted by atomic mass is 9.77. The number of nitrogens with one attached hydrogen (secondary N) is 2. The van der Waals surface area contributed by atoms with Crippen molar-refractivity contribution in [3.05, 3.63) is 311 Å². The molecule has 0 aliphatic carbocycles. The summed E-state index contributed by atoms with van der Waals surface area (Å²) in [5.74, 6) is 2.22. The Hall–Kier alpha value is -9.18. The summed E-state index contributed by atoms with van der Waals surface area (Å²) in [5, 5.41) is 23.4. The minimum atomic E-state index is -1.01. The summed E-state index contributed by atoms with van der Waals surface area (Å²) in [6, 6.07) is 82.4. The Balaban J connectivity index is 1.13. The lowest BCUT2D eigenvalue weighted by Gasteiger charge is -2.38. The molecule has 0 radical (unpaired) electrons. The van der Waals surface area contributed by atoms with Gasteiger partial charge >= 0.3 is 0 Å². The molecule has 0 saturated carbocycles. The smallest absolute Gasteiger partial charge is 0.182 e. The fraction of sp³-hybridized carbons (Fsp3) is 0.0938. The molecule has 0 fully saturated rings. The third-order valence-corrected chi connectivity index (χ3v) is 13.9. The fourth-order valence-electron chi connectivity index (χ4n) is 10.6. The van der Waals surface area contributed by atoms with Crippen molar-refractivity contribution in [1.29, 1.82) is 0 Å². The van der Waals surface area contributed by atoms with Crippen molar-refractivity contribution in [2.45, 2.75) is 24.0 Å². The molecule has 11 aromatic rings. The second-order valence-electron chi connectivity index (χ2n) is 18.4. The van der Waals surface area contributed by atoms with Gasteiger partial charge in [-0.2, -0.15) is 5.10 Å². The van der Waals surface area contributed by atoms with Crippen LogP contribution in [0.4, 0.5) is 5.82 Å². The number of hydrogen-bond acceptors (Lipinski definition) is 7. The Morgan fingerprint density at radius 1 is 0.534 bits per heavy atom. The van der Waals surface area contributed by atoms with Crippen LogP contribution < -0.4 is 15.4 Å². The Bertz CT molecular complexity index is 3460. The van der Waals surface area contributed by atoms with E-state index in [1.165, 1.54) is 5.56 Å². The van der Waals surface area contributed by atoms with Crippen molar-refractivity contribution < 1.29 is 4.74 Å². The van der Waals surface area contributed by atoms with Gasteiger partial charge in [-0.3, -0.25) is 4.68 Å². The molecule has 354 valence electrons. The van der Waals surface area contributed by atoms with Crippen LogP contribution in [0.1, 0.15) is 55.6 Å². The predicted octanol–water partition coefficient (Wildman–Crippen LogP) is 12.7. The zero-order valence-electron chi connectivity index (χ0n) is 40.2. The van der Waals surface area contributed by atoms with Crippen molar-refractivity contribution >= 4 is 22.6 Å². The number of rotatable bonds is 10. The van der Waals surface area contributed by atoms with E-state index >= 15 is 0 Å². The fourth-order valence-corrected chi connectivity index (χ4v) is 10.6. The second-order valence-corrected chi connectivity index (χ2v) is 18.4. The highest BCUT2D eigenvalue weighted by atomic mass is 16.5. The molecular weight excluding hydrogens is 897 g/mol. The van der Waals surface area contributed by atoms with Crippen molar-refractivity contribution in [2.24, 2.45) is 0 Å². The number of benzene rings is 8. The molecule has 0 atom stereocenters. The lowest BCUT2D eigenvalue weighted by molar-refractivity contribution is 0.457. The lowest BCUT2D eigenvalue weighted by Crippen LogP contribution is -2.39. The van der Waals surface area contributed by atoms with Gasteiger partial charge in [0.1, 0.15) is 33.9 Å². The SMILES string of the molecule is C1=C(/c2cc(NC(c3ccccc3)(c3ccccc3)c3ccccc3)nc3c2nnn3C(c2ccccc2)(c2ccccc2)c2ccccc2)c2cnn(c2)Cc2cccc(c2)Oc2cccc(c2)CCNC/1. The van der Waals surface area contributed by atoms with Gasteiger partial charge in [0.2, 0.25) is 0 Å². The molecule has 3 aromatic heterocycles. The summed E-state index contributed by atoms with van der Waals surface area (Å²) >= 11 is 0. The van der Waals surface area contributed by atoms with E-state index in [-0.39, 0.29) is 0 Å². The molecule has 12 rings (SSSR count). The number of pyridine rings is 1. The Morgan fingerprint density at radius 3 is 1.59 bits per heavy atom. The Morgan fingerprint density at radius 2 is 1.04 bits per heavy atom. The first-order valence-corrected chi connectivity index (χ1v) is 24.8. The van der Waals surface area contributed by atoms with Crippen LogP contribution in [0.3, 0.4) is 0 Å². The van der Waals surface area contributed by atoms with Gasteiger partial charge in [0.25, 0.3) is 0 Å². The first-order chi connectivity index (χ1) is 36.1. The van der Waals surface area contributed by atoms with E-state index in [0.717, 1.165) is 80.1 Å². The molecule has 2 N–H and O–H groups in total. The van der Waals surface area contributed by atoms with Crippen LogP contribution in [-0.2, 0) is 24.0 Å². The highest BCUT2D eigenvalue weighted by molar-refractivity contribution is 5.94. The number of nitrogens with zero attached hydrogens (tertiary/aromatic N) is 6. The zero-order chi connectivity index (χ0) is 48.9. The second kappa shape index (κ2) is 19.9. The van der Waals surface area contributed by atoms with E-state index in [9.17, 15) is 0 Å². The van der Waals surface area contributed by atoms with E-state index in [1.807, 2.05) is 33.8 Å². The van der Waals surface area contributed by atoms with Crippen LogP contribution >= 0.6 is 0 Å². The van der Waals surface area contributed by atoms with E-state index in [1.54, 1.807) is 0 Å². The molecular formula is C64H52N8O. The molecule has 0 saturated heterocycles.